The van der Waals surface area contributed by atoms with Gasteiger partial charge in [-0.3, -0.25) is 9.97 Å². The summed E-state index contributed by atoms with van der Waals surface area (Å²) >= 11 is 0. The van der Waals surface area contributed by atoms with E-state index in [9.17, 15) is 0 Å². The van der Waals surface area contributed by atoms with Crippen LogP contribution >= 0.6 is 0 Å². The Morgan fingerprint density at radius 1 is 0.564 bits per heavy atom. The van der Waals surface area contributed by atoms with Crippen molar-refractivity contribution < 1.29 is 20.1 Å². The first-order valence-electron chi connectivity index (χ1n) is 12.5. The van der Waals surface area contributed by atoms with Crippen molar-refractivity contribution in [1.29, 1.82) is 0 Å². The molecule has 39 heavy (non-hydrogen) atoms. The van der Waals surface area contributed by atoms with E-state index in [1.165, 1.54) is 27.8 Å². The van der Waals surface area contributed by atoms with Crippen LogP contribution < -0.4 is 0 Å². The maximum absolute atomic E-state index is 4.54. The second kappa shape index (κ2) is 13.5. The van der Waals surface area contributed by atoms with E-state index in [2.05, 4.69) is 102 Å². The van der Waals surface area contributed by atoms with Crippen LogP contribution in [0.2, 0.25) is 0 Å². The smallest absolute Gasteiger partial charge is 0.0748 e. The molecule has 4 aromatic carbocycles. The Bertz CT molecular complexity index is 1560. The Labute approximate surface area is 244 Å². The van der Waals surface area contributed by atoms with Crippen LogP contribution in [-0.2, 0) is 20.1 Å². The van der Waals surface area contributed by atoms with Gasteiger partial charge in [0.2, 0.25) is 0 Å². The molecule has 0 aliphatic rings. The Morgan fingerprint density at radius 3 is 1.90 bits per heavy atom. The predicted octanol–water partition coefficient (Wildman–Crippen LogP) is 8.44. The molecule has 0 atom stereocenters. The van der Waals surface area contributed by atoms with E-state index in [1.807, 2.05) is 54.7 Å². The van der Waals surface area contributed by atoms with Gasteiger partial charge in [0.05, 0.1) is 5.82 Å². The second-order valence-corrected chi connectivity index (χ2v) is 8.96. The van der Waals surface area contributed by atoms with Gasteiger partial charge in [0, 0.05) is 38.7 Å². The van der Waals surface area contributed by atoms with Crippen molar-refractivity contribution in [3.05, 3.63) is 151 Å². The largest absolute Gasteiger partial charge is 0.304 e. The fourth-order valence-electron chi connectivity index (χ4n) is 4.17. The third-order valence-corrected chi connectivity index (χ3v) is 6.14. The van der Waals surface area contributed by atoms with Crippen molar-refractivity contribution in [2.24, 2.45) is 0 Å². The van der Waals surface area contributed by atoms with Crippen LogP contribution in [0.4, 0.5) is 0 Å². The molecule has 0 bridgehead atoms. The Morgan fingerprint density at radius 2 is 1.21 bits per heavy atom. The summed E-state index contributed by atoms with van der Waals surface area (Å²) in [5.74, 6) is 0.704. The molecule has 0 unspecified atom stereocenters. The quantitative estimate of drug-likeness (QED) is 0.175. The molecular formula is C35H27IrN3-2. The zero-order valence-electron chi connectivity index (χ0n) is 21.8. The van der Waals surface area contributed by atoms with Gasteiger partial charge in [0.25, 0.3) is 0 Å². The standard InChI is InChI=1S/C19H16N.C16H11N2.Ir/c1-14-7-6-10-17(11-14)19-12-18(15(2)13-20-19)16-8-4-3-5-9-16;1-2-6-13(7-3-1)14-8-4-9-15(12-14)16-17-10-5-11-18-16;/h3-9,11-13H,1-2H3;1-8,10-12H;/q2*-1;. The van der Waals surface area contributed by atoms with Crippen molar-refractivity contribution >= 4 is 0 Å². The average molecular weight is 682 g/mol. The van der Waals surface area contributed by atoms with Crippen LogP contribution in [0.5, 0.6) is 0 Å². The van der Waals surface area contributed by atoms with Crippen LogP contribution in [0.15, 0.2) is 128 Å². The average Bonchev–Trinajstić information content (AvgIpc) is 2.99. The van der Waals surface area contributed by atoms with Gasteiger partial charge >= 0.3 is 0 Å². The zero-order chi connectivity index (χ0) is 26.2. The van der Waals surface area contributed by atoms with Gasteiger partial charge < -0.3 is 4.98 Å². The first-order chi connectivity index (χ1) is 18.7. The molecule has 4 heteroatoms. The summed E-state index contributed by atoms with van der Waals surface area (Å²) in [5.41, 5.74) is 10.1. The van der Waals surface area contributed by atoms with Crippen LogP contribution in [0, 0.1) is 26.0 Å². The van der Waals surface area contributed by atoms with Crippen molar-refractivity contribution in [1.82, 2.24) is 15.0 Å². The van der Waals surface area contributed by atoms with Gasteiger partial charge in [0.15, 0.2) is 0 Å². The van der Waals surface area contributed by atoms with Crippen LogP contribution in [0.1, 0.15) is 11.1 Å². The topological polar surface area (TPSA) is 38.7 Å². The van der Waals surface area contributed by atoms with E-state index in [0.29, 0.717) is 5.82 Å². The minimum Gasteiger partial charge on any atom is -0.304 e. The first kappa shape index (κ1) is 27.8. The van der Waals surface area contributed by atoms with Gasteiger partial charge in [-0.25, -0.2) is 0 Å². The molecule has 6 rings (SSSR count). The summed E-state index contributed by atoms with van der Waals surface area (Å²) in [6.45, 7) is 4.18. The number of hydrogen-bond acceptors (Lipinski definition) is 3. The summed E-state index contributed by atoms with van der Waals surface area (Å²) in [5, 5.41) is 0. The summed E-state index contributed by atoms with van der Waals surface area (Å²) in [4.78, 5) is 13.0. The van der Waals surface area contributed by atoms with Crippen molar-refractivity contribution in [3.8, 4) is 44.9 Å². The van der Waals surface area contributed by atoms with E-state index < -0.39 is 0 Å². The van der Waals surface area contributed by atoms with Crippen molar-refractivity contribution in [3.63, 3.8) is 0 Å². The molecule has 3 nitrogen and oxygen atoms in total. The van der Waals surface area contributed by atoms with Gasteiger partial charge in [-0.2, -0.15) is 0 Å². The van der Waals surface area contributed by atoms with E-state index in [0.717, 1.165) is 22.4 Å². The fraction of sp³-hybridized carbons (Fsp3) is 0.0571. The Kier molecular flexibility index (Phi) is 9.63. The van der Waals surface area contributed by atoms with E-state index in [4.69, 9.17) is 0 Å². The van der Waals surface area contributed by atoms with Crippen molar-refractivity contribution in [2.45, 2.75) is 13.8 Å². The molecule has 0 saturated heterocycles. The van der Waals surface area contributed by atoms with Gasteiger partial charge in [0.1, 0.15) is 0 Å². The Hall–Kier alpha value is -4.24. The molecule has 0 N–H and O–H groups in total. The number of benzene rings is 4. The minimum atomic E-state index is 0. The van der Waals surface area contributed by atoms with E-state index in [-0.39, 0.29) is 20.1 Å². The molecule has 2 aromatic heterocycles. The molecule has 193 valence electrons. The van der Waals surface area contributed by atoms with E-state index in [1.54, 1.807) is 12.4 Å². The van der Waals surface area contributed by atoms with Crippen LogP contribution in [0.25, 0.3) is 44.9 Å². The van der Waals surface area contributed by atoms with Gasteiger partial charge in [-0.1, -0.05) is 73.7 Å². The van der Waals surface area contributed by atoms with Crippen LogP contribution in [0.3, 0.4) is 0 Å². The normalized spacial score (nSPS) is 10.1. The molecule has 0 fully saturated rings. The maximum atomic E-state index is 4.54. The van der Waals surface area contributed by atoms with E-state index >= 15 is 0 Å². The first-order valence-corrected chi connectivity index (χ1v) is 12.5. The number of pyridine rings is 1. The summed E-state index contributed by atoms with van der Waals surface area (Å²) in [6.07, 6.45) is 5.42. The third-order valence-electron chi connectivity index (χ3n) is 6.14. The third kappa shape index (κ3) is 7.20. The number of hydrogen-bond donors (Lipinski definition) is 0. The molecular weight excluding hydrogens is 655 g/mol. The van der Waals surface area contributed by atoms with Gasteiger partial charge in [-0.15, -0.1) is 70.8 Å². The fourth-order valence-corrected chi connectivity index (χ4v) is 4.17. The SMILES string of the molecule is Cc1cc[c-]c(-c2cc(-c3ccccc3)c(C)cn2)c1.[Ir].[c-]1ccc(-c2ccccc2)cc1-c1ncccn1. The number of aryl methyl sites for hydroxylation is 2. The molecule has 0 spiro atoms. The second-order valence-electron chi connectivity index (χ2n) is 8.96. The summed E-state index contributed by atoms with van der Waals surface area (Å²) in [7, 11) is 0. The molecule has 0 aliphatic carbocycles. The summed E-state index contributed by atoms with van der Waals surface area (Å²) < 4.78 is 0. The number of aromatic nitrogens is 3. The molecule has 1 radical (unpaired) electrons. The minimum absolute atomic E-state index is 0. The number of rotatable bonds is 4. The molecule has 0 aliphatic heterocycles. The molecule has 2 heterocycles. The molecule has 0 amide bonds. The monoisotopic (exact) mass is 682 g/mol. The molecule has 6 aromatic rings. The molecule has 0 saturated carbocycles. The zero-order valence-corrected chi connectivity index (χ0v) is 24.2. The summed E-state index contributed by atoms with van der Waals surface area (Å²) in [6, 6.07) is 43.2. The maximum Gasteiger partial charge on any atom is 0.0748 e. The Balaban J connectivity index is 0.000000177. The number of nitrogens with zero attached hydrogens (tertiary/aromatic N) is 3. The van der Waals surface area contributed by atoms with Gasteiger partial charge in [-0.05, 0) is 40.9 Å². The van der Waals surface area contributed by atoms with Crippen LogP contribution in [-0.4, -0.2) is 15.0 Å². The van der Waals surface area contributed by atoms with Crippen molar-refractivity contribution in [2.75, 3.05) is 0 Å². The predicted molar refractivity (Wildman–Crippen MR) is 155 cm³/mol.